The summed E-state index contributed by atoms with van der Waals surface area (Å²) in [5.41, 5.74) is 0.665. The molecule has 0 bridgehead atoms. The largest absolute Gasteiger partial charge is 0.571 e. The van der Waals surface area contributed by atoms with E-state index in [9.17, 15) is 50.8 Å². The number of methoxy groups -OCH3 is 1. The highest BCUT2D eigenvalue weighted by Gasteiger charge is 2.47. The average molecular weight is 644 g/mol. The first-order valence-electron chi connectivity index (χ1n) is 13.7. The van der Waals surface area contributed by atoms with Crippen LogP contribution in [0.15, 0.2) is 77.5 Å². The van der Waals surface area contributed by atoms with E-state index < -0.39 is 66.6 Å². The van der Waals surface area contributed by atoms with Crippen LogP contribution in [0.25, 0.3) is 11.8 Å². The lowest BCUT2D eigenvalue weighted by molar-refractivity contribution is -0.291. The van der Waals surface area contributed by atoms with Crippen LogP contribution in [0.1, 0.15) is 11.1 Å². The van der Waals surface area contributed by atoms with Crippen LogP contribution in [0.3, 0.4) is 0 Å². The smallest absolute Gasteiger partial charge is 0.330 e. The topological polar surface area (TPSA) is 249 Å². The molecule has 15 heteroatoms. The summed E-state index contributed by atoms with van der Waals surface area (Å²) in [6.07, 6.45) is -3.36. The molecule has 0 saturated carbocycles. The first-order valence-corrected chi connectivity index (χ1v) is 13.7. The molecule has 244 valence electrons. The van der Waals surface area contributed by atoms with Gasteiger partial charge in [0.2, 0.25) is 18.2 Å². The predicted molar refractivity (Wildman–Crippen MR) is 156 cm³/mol. The normalized spacial score (nSPS) is 26.0. The van der Waals surface area contributed by atoms with Gasteiger partial charge in [-0.25, -0.2) is 4.79 Å². The van der Waals surface area contributed by atoms with Crippen molar-refractivity contribution in [3.05, 3.63) is 88.6 Å². The number of hydrogen-bond donors (Lipinski definition) is 9. The number of hydrogen-bond acceptors (Lipinski definition) is 14. The van der Waals surface area contributed by atoms with Crippen molar-refractivity contribution in [2.45, 2.75) is 36.8 Å². The molecule has 6 atom stereocenters. The minimum Gasteiger partial charge on any atom is -0.571 e. The number of esters is 1. The highest BCUT2D eigenvalue weighted by molar-refractivity contribution is 5.87. The summed E-state index contributed by atoms with van der Waals surface area (Å²) in [5.74, 6) is -3.92. The predicted octanol–water partition coefficient (Wildman–Crippen LogP) is 1.00. The molecule has 2 aromatic carbocycles. The lowest BCUT2D eigenvalue weighted by Crippen LogP contribution is -2.59. The van der Waals surface area contributed by atoms with Gasteiger partial charge in [-0.05, 0) is 23.8 Å². The first kappa shape index (κ1) is 32.1. The number of fused-ring (bicyclic) bond motifs is 1. The fourth-order valence-electron chi connectivity index (χ4n) is 4.85. The Hall–Kier alpha value is -5.35. The summed E-state index contributed by atoms with van der Waals surface area (Å²) in [5, 5.41) is 92.0. The molecule has 0 radical (unpaired) electrons. The van der Waals surface area contributed by atoms with E-state index in [2.05, 4.69) is 4.74 Å². The number of carbonyl (C=O) groups excluding carboxylic acids is 1. The molecule has 1 saturated heterocycles. The second kappa shape index (κ2) is 12.9. The van der Waals surface area contributed by atoms with E-state index in [4.69, 9.17) is 18.9 Å². The van der Waals surface area contributed by atoms with Gasteiger partial charge in [0.15, 0.2) is 28.7 Å². The van der Waals surface area contributed by atoms with Gasteiger partial charge in [0.25, 0.3) is 0 Å². The zero-order valence-corrected chi connectivity index (χ0v) is 24.0. The van der Waals surface area contributed by atoms with Gasteiger partial charge in [-0.3, -0.25) is 0 Å². The Kier molecular flexibility index (Phi) is 9.02. The summed E-state index contributed by atoms with van der Waals surface area (Å²) in [6.45, 7) is -0.584. The van der Waals surface area contributed by atoms with Gasteiger partial charge in [-0.15, -0.1) is 0 Å². The Balaban J connectivity index is 1.37. The Morgan fingerprint density at radius 2 is 1.65 bits per heavy atom. The van der Waals surface area contributed by atoms with Crippen molar-refractivity contribution in [1.29, 1.82) is 0 Å². The van der Waals surface area contributed by atoms with E-state index in [1.807, 2.05) is 0 Å². The molecule has 3 aliphatic rings. The van der Waals surface area contributed by atoms with Crippen LogP contribution < -0.4 is 4.74 Å². The third-order valence-corrected chi connectivity index (χ3v) is 7.28. The maximum absolute atomic E-state index is 12.4. The fourth-order valence-corrected chi connectivity index (χ4v) is 4.85. The van der Waals surface area contributed by atoms with Crippen molar-refractivity contribution in [3.63, 3.8) is 0 Å². The van der Waals surface area contributed by atoms with Gasteiger partial charge in [-0.2, -0.15) is 0 Å². The zero-order valence-electron chi connectivity index (χ0n) is 24.0. The van der Waals surface area contributed by atoms with E-state index in [1.54, 1.807) is 0 Å². The number of aliphatic hydroxyl groups excluding tert-OH is 5. The Bertz CT molecular complexity index is 1650. The number of phenols is 4. The molecular weight excluding hydrogens is 612 g/mol. The summed E-state index contributed by atoms with van der Waals surface area (Å²) >= 11 is 0. The van der Waals surface area contributed by atoms with E-state index in [0.29, 0.717) is 5.56 Å². The summed E-state index contributed by atoms with van der Waals surface area (Å²) in [4.78, 5) is 12.4. The minimum absolute atomic E-state index is 0.00873. The van der Waals surface area contributed by atoms with Crippen molar-refractivity contribution in [3.8, 4) is 28.7 Å². The van der Waals surface area contributed by atoms with Crippen LogP contribution >= 0.6 is 0 Å². The van der Waals surface area contributed by atoms with Crippen molar-refractivity contribution < 1.29 is 74.4 Å². The molecule has 2 heterocycles. The monoisotopic (exact) mass is 643 g/mol. The number of carbonyl (C=O) groups is 1. The SMILES string of the molecule is COc1cc(C=CC(=O)OCC2OC(OC3=C(c4cc(O)c(O)c(O)c4)[OH+]C4C=C(O)C=C(O)C4=C3)C(O)C(O)C2O)ccc1O. The molecule has 46 heavy (non-hydrogen) atoms. The van der Waals surface area contributed by atoms with Crippen LogP contribution in [0, 0.1) is 0 Å². The molecule has 0 spiro atoms. The van der Waals surface area contributed by atoms with Crippen molar-refractivity contribution in [1.82, 2.24) is 0 Å². The number of rotatable bonds is 8. The van der Waals surface area contributed by atoms with Crippen molar-refractivity contribution in [2.24, 2.45) is 0 Å². The fraction of sp³-hybridized carbons (Fsp3) is 0.258. The van der Waals surface area contributed by atoms with Crippen LogP contribution in [0.4, 0.5) is 0 Å². The molecule has 15 nitrogen and oxygen atoms in total. The molecule has 1 fully saturated rings. The zero-order chi connectivity index (χ0) is 33.3. The van der Waals surface area contributed by atoms with E-state index in [-0.39, 0.29) is 45.7 Å². The van der Waals surface area contributed by atoms with E-state index in [1.165, 1.54) is 43.5 Å². The second-order valence-corrected chi connectivity index (χ2v) is 10.4. The van der Waals surface area contributed by atoms with Gasteiger partial charge in [0.1, 0.15) is 42.5 Å². The van der Waals surface area contributed by atoms with Crippen LogP contribution in [0.5, 0.6) is 28.7 Å². The molecule has 10 N–H and O–H groups in total. The number of aliphatic hydroxyl groups is 7. The number of aromatic hydroxyl groups is 4. The molecule has 0 amide bonds. The molecular formula is C31H31O15+. The number of phenolic OH excluding ortho intramolecular Hbond substituents is 4. The van der Waals surface area contributed by atoms with Gasteiger partial charge in [0.05, 0.1) is 24.3 Å². The van der Waals surface area contributed by atoms with E-state index in [0.717, 1.165) is 24.3 Å². The van der Waals surface area contributed by atoms with Gasteiger partial charge in [-0.1, -0.05) is 6.07 Å². The maximum Gasteiger partial charge on any atom is 0.330 e. The standard InChI is InChI=1S/C31H30O15/c1-42-22-6-13(2-4-17(22)33)3-5-25(37)43-12-24-27(39)28(40)29(41)31(46-24)45-23-11-16-18(34)9-15(32)10-21(16)44-30(23)14-7-19(35)26(38)20(36)8-14/h2-11,21,24,27-29,31-36,38-41H,12H2,1H3/p+1. The van der Waals surface area contributed by atoms with Gasteiger partial charge < -0.3 is 69.6 Å². The lowest BCUT2D eigenvalue weighted by atomic mass is 9.96. The van der Waals surface area contributed by atoms with Gasteiger partial charge >= 0.3 is 11.7 Å². The Morgan fingerprint density at radius 3 is 2.35 bits per heavy atom. The quantitative estimate of drug-likeness (QED) is 0.0843. The first-order chi connectivity index (χ1) is 21.9. The molecule has 5 rings (SSSR count). The van der Waals surface area contributed by atoms with Crippen LogP contribution in [-0.2, 0) is 19.0 Å². The van der Waals surface area contributed by atoms with Gasteiger partial charge in [0, 0.05) is 30.4 Å². The molecule has 0 aromatic heterocycles. The highest BCUT2D eigenvalue weighted by atomic mass is 16.7. The third-order valence-electron chi connectivity index (χ3n) is 7.28. The van der Waals surface area contributed by atoms with Crippen LogP contribution in [-0.4, -0.2) is 107 Å². The summed E-state index contributed by atoms with van der Waals surface area (Å²) in [6, 6.07) is 6.49. The van der Waals surface area contributed by atoms with Crippen molar-refractivity contribution >= 4 is 17.8 Å². The maximum atomic E-state index is 12.4. The molecule has 1 aliphatic carbocycles. The highest BCUT2D eigenvalue weighted by Crippen LogP contribution is 2.41. The molecule has 6 unspecified atom stereocenters. The Labute approximate surface area is 260 Å². The van der Waals surface area contributed by atoms with Crippen LogP contribution in [0.2, 0.25) is 0 Å². The number of ether oxygens (including phenoxy) is 5. The Morgan fingerprint density at radius 1 is 0.935 bits per heavy atom. The number of allylic oxidation sites excluding steroid dienone is 2. The third kappa shape index (κ3) is 6.52. The summed E-state index contributed by atoms with van der Waals surface area (Å²) < 4.78 is 26.2. The average Bonchev–Trinajstić information content (AvgIpc) is 3.02. The summed E-state index contributed by atoms with van der Waals surface area (Å²) in [7, 11) is 1.37. The number of benzene rings is 2. The minimum atomic E-state index is -1.85. The second-order valence-electron chi connectivity index (χ2n) is 10.4. The van der Waals surface area contributed by atoms with E-state index >= 15 is 0 Å². The lowest BCUT2D eigenvalue weighted by Gasteiger charge is -2.40. The van der Waals surface area contributed by atoms with Crippen molar-refractivity contribution in [2.75, 3.05) is 13.7 Å². The molecule has 2 aliphatic heterocycles. The molecule has 2 aromatic rings.